The standard InChI is InChI=1S/C6H16N3PS/c1-3-5-6-9-10(7,11)8-4-2/h4H,3,5-6H2,1-2H3,(H3,7,9,11)/b8-4-. The van der Waals surface area contributed by atoms with Gasteiger partial charge in [-0.25, -0.2) is 4.76 Å². The molecule has 0 heterocycles. The number of unbranched alkanes of at least 4 members (excludes halogenated alkanes) is 1. The van der Waals surface area contributed by atoms with Crippen molar-refractivity contribution in [3.8, 4) is 0 Å². The van der Waals surface area contributed by atoms with Gasteiger partial charge >= 0.3 is 0 Å². The summed E-state index contributed by atoms with van der Waals surface area (Å²) in [7, 11) is 0. The lowest BCUT2D eigenvalue weighted by Crippen LogP contribution is -2.15. The molecule has 3 nitrogen and oxygen atoms in total. The number of hydrogen-bond donors (Lipinski definition) is 2. The topological polar surface area (TPSA) is 50.4 Å². The van der Waals surface area contributed by atoms with Gasteiger partial charge in [-0.2, -0.15) is 0 Å². The molecule has 1 unspecified atom stereocenters. The van der Waals surface area contributed by atoms with Gasteiger partial charge in [-0.15, -0.1) is 0 Å². The highest BCUT2D eigenvalue weighted by Gasteiger charge is 2.03. The van der Waals surface area contributed by atoms with Crippen LogP contribution in [0.4, 0.5) is 0 Å². The molecule has 0 aliphatic carbocycles. The fourth-order valence-corrected chi connectivity index (χ4v) is 2.09. The molecule has 0 saturated carbocycles. The van der Waals surface area contributed by atoms with E-state index in [2.05, 4.69) is 16.8 Å². The number of nitrogens with one attached hydrogen (secondary N) is 1. The molecule has 0 aliphatic rings. The van der Waals surface area contributed by atoms with Crippen LogP contribution in [0.3, 0.4) is 0 Å². The predicted octanol–water partition coefficient (Wildman–Crippen LogP) is 1.65. The minimum atomic E-state index is -2.07. The molecule has 0 amide bonds. The van der Waals surface area contributed by atoms with Crippen molar-refractivity contribution in [3.63, 3.8) is 0 Å². The highest BCUT2D eigenvalue weighted by molar-refractivity contribution is 8.11. The van der Waals surface area contributed by atoms with Gasteiger partial charge in [-0.1, -0.05) is 13.3 Å². The molecule has 0 rings (SSSR count). The van der Waals surface area contributed by atoms with Crippen LogP contribution >= 0.6 is 6.49 Å². The molecule has 11 heavy (non-hydrogen) atoms. The summed E-state index contributed by atoms with van der Waals surface area (Å²) in [5.41, 5.74) is 5.68. The molecule has 0 aromatic heterocycles. The first-order valence-electron chi connectivity index (χ1n) is 3.76. The maximum Gasteiger partial charge on any atom is 0.179 e. The summed E-state index contributed by atoms with van der Waals surface area (Å²) in [6, 6.07) is 0. The van der Waals surface area contributed by atoms with Gasteiger partial charge in [0.25, 0.3) is 0 Å². The van der Waals surface area contributed by atoms with E-state index in [1.165, 1.54) is 0 Å². The van der Waals surface area contributed by atoms with Crippen LogP contribution in [0.1, 0.15) is 26.7 Å². The van der Waals surface area contributed by atoms with E-state index in [1.807, 2.05) is 6.92 Å². The molecular formula is C6H16N3PS. The quantitative estimate of drug-likeness (QED) is 0.396. The van der Waals surface area contributed by atoms with Crippen LogP contribution in [-0.4, -0.2) is 12.8 Å². The lowest BCUT2D eigenvalue weighted by Gasteiger charge is -2.11. The van der Waals surface area contributed by atoms with Gasteiger partial charge in [0.05, 0.1) is 0 Å². The first kappa shape index (κ1) is 11.2. The number of nitrogens with two attached hydrogens (primary N) is 1. The summed E-state index contributed by atoms with van der Waals surface area (Å²) in [5.74, 6) is 0. The Bertz CT molecular complexity index is 169. The third-order valence-electron chi connectivity index (χ3n) is 1.16. The fraction of sp³-hybridized carbons (Fsp3) is 0.833. The molecular weight excluding hydrogens is 177 g/mol. The highest BCUT2D eigenvalue weighted by atomic mass is 32.4. The number of rotatable bonds is 5. The van der Waals surface area contributed by atoms with Crippen molar-refractivity contribution in [2.24, 2.45) is 10.3 Å². The van der Waals surface area contributed by atoms with Gasteiger partial charge in [0.15, 0.2) is 6.49 Å². The zero-order chi connectivity index (χ0) is 8.74. The molecule has 0 saturated heterocycles. The van der Waals surface area contributed by atoms with Gasteiger partial charge in [0.2, 0.25) is 0 Å². The maximum atomic E-state index is 5.68. The van der Waals surface area contributed by atoms with Gasteiger partial charge in [0.1, 0.15) is 0 Å². The van der Waals surface area contributed by atoms with Crippen molar-refractivity contribution in [1.29, 1.82) is 0 Å². The second kappa shape index (κ2) is 5.84. The van der Waals surface area contributed by atoms with Gasteiger partial charge in [0, 0.05) is 12.8 Å². The molecule has 1 atom stereocenters. The Morgan fingerprint density at radius 3 is 2.82 bits per heavy atom. The highest BCUT2D eigenvalue weighted by Crippen LogP contribution is 2.31. The van der Waals surface area contributed by atoms with E-state index in [0.29, 0.717) is 0 Å². The van der Waals surface area contributed by atoms with Crippen LogP contribution in [0.2, 0.25) is 0 Å². The monoisotopic (exact) mass is 193 g/mol. The van der Waals surface area contributed by atoms with Crippen LogP contribution in [0.5, 0.6) is 0 Å². The van der Waals surface area contributed by atoms with Gasteiger partial charge < -0.3 is 0 Å². The van der Waals surface area contributed by atoms with E-state index >= 15 is 0 Å². The van der Waals surface area contributed by atoms with Crippen molar-refractivity contribution in [2.75, 3.05) is 6.54 Å². The lowest BCUT2D eigenvalue weighted by atomic mass is 10.3. The average Bonchev–Trinajstić information content (AvgIpc) is 1.87. The van der Waals surface area contributed by atoms with Crippen molar-refractivity contribution in [1.82, 2.24) is 5.09 Å². The van der Waals surface area contributed by atoms with Gasteiger partial charge in [-0.3, -0.25) is 10.6 Å². The second-order valence-electron chi connectivity index (χ2n) is 2.26. The van der Waals surface area contributed by atoms with Crippen LogP contribution < -0.4 is 10.6 Å². The molecule has 0 radical (unpaired) electrons. The minimum absolute atomic E-state index is 0.877. The molecule has 66 valence electrons. The molecule has 0 aliphatic heterocycles. The summed E-state index contributed by atoms with van der Waals surface area (Å²) in [6.07, 6.45) is 3.92. The van der Waals surface area contributed by atoms with E-state index < -0.39 is 6.49 Å². The third kappa shape index (κ3) is 6.63. The van der Waals surface area contributed by atoms with E-state index in [0.717, 1.165) is 19.4 Å². The fourth-order valence-electron chi connectivity index (χ4n) is 0.628. The Balaban J connectivity index is 3.65. The van der Waals surface area contributed by atoms with Crippen LogP contribution in [-0.2, 0) is 11.8 Å². The Morgan fingerprint density at radius 2 is 2.36 bits per heavy atom. The minimum Gasteiger partial charge on any atom is -0.274 e. The molecule has 5 heteroatoms. The predicted molar refractivity (Wildman–Crippen MR) is 55.5 cm³/mol. The smallest absolute Gasteiger partial charge is 0.179 e. The van der Waals surface area contributed by atoms with Crippen molar-refractivity contribution < 1.29 is 0 Å². The summed E-state index contributed by atoms with van der Waals surface area (Å²) in [4.78, 5) is 0. The summed E-state index contributed by atoms with van der Waals surface area (Å²) in [6.45, 7) is 2.77. The van der Waals surface area contributed by atoms with Crippen LogP contribution in [0.25, 0.3) is 0 Å². The zero-order valence-electron chi connectivity index (χ0n) is 7.08. The lowest BCUT2D eigenvalue weighted by molar-refractivity contribution is 0.769. The van der Waals surface area contributed by atoms with E-state index in [4.69, 9.17) is 17.3 Å². The van der Waals surface area contributed by atoms with Crippen LogP contribution in [0.15, 0.2) is 4.76 Å². The maximum absolute atomic E-state index is 5.68. The number of hydrogen-bond acceptors (Lipinski definition) is 1. The van der Waals surface area contributed by atoms with Crippen molar-refractivity contribution in [3.05, 3.63) is 0 Å². The molecule has 0 bridgehead atoms. The first-order valence-corrected chi connectivity index (χ1v) is 6.58. The van der Waals surface area contributed by atoms with Gasteiger partial charge in [-0.05, 0) is 25.2 Å². The molecule has 0 aromatic rings. The van der Waals surface area contributed by atoms with Crippen LogP contribution in [0, 0.1) is 0 Å². The zero-order valence-corrected chi connectivity index (χ0v) is 8.79. The molecule has 3 N–H and O–H groups in total. The number of nitrogens with zero attached hydrogens (tertiary/aromatic N) is 1. The van der Waals surface area contributed by atoms with E-state index in [9.17, 15) is 0 Å². The SMILES string of the molecule is C/C=N\P(N)(=S)NCCCC. The molecule has 0 spiro atoms. The summed E-state index contributed by atoms with van der Waals surface area (Å²) in [5, 5.41) is 3.07. The first-order chi connectivity index (χ1) is 5.12. The van der Waals surface area contributed by atoms with Crippen molar-refractivity contribution in [2.45, 2.75) is 26.7 Å². The Hall–Kier alpha value is 0.240. The molecule has 0 fully saturated rings. The summed E-state index contributed by atoms with van der Waals surface area (Å²) < 4.78 is 4.00. The summed E-state index contributed by atoms with van der Waals surface area (Å²) >= 11 is 5.04. The Morgan fingerprint density at radius 1 is 1.73 bits per heavy atom. The van der Waals surface area contributed by atoms with Crippen molar-refractivity contribution >= 4 is 24.5 Å². The van der Waals surface area contributed by atoms with E-state index in [1.54, 1.807) is 6.21 Å². The normalized spacial score (nSPS) is 17.0. The Labute approximate surface area is 73.6 Å². The third-order valence-corrected chi connectivity index (χ3v) is 3.08. The average molecular weight is 193 g/mol. The Kier molecular flexibility index (Phi) is 5.96. The second-order valence-corrected chi connectivity index (χ2v) is 5.72. The molecule has 0 aromatic carbocycles. The van der Waals surface area contributed by atoms with E-state index in [-0.39, 0.29) is 0 Å². The largest absolute Gasteiger partial charge is 0.274 e.